The van der Waals surface area contributed by atoms with Crippen LogP contribution in [-0.4, -0.2) is 14.8 Å². The third kappa shape index (κ3) is 3.85. The quantitative estimate of drug-likeness (QED) is 0.635. The monoisotopic (exact) mass is 189 g/mol. The summed E-state index contributed by atoms with van der Waals surface area (Å²) >= 11 is 0. The van der Waals surface area contributed by atoms with Crippen LogP contribution in [0.25, 0.3) is 0 Å². The number of aryl methyl sites for hydroxylation is 3. The Labute approximate surface area is 84.4 Å². The standard InChI is InChI=1S/C7H9N.C4H6N2/c1-6-3-4-8-7(2)5-6;1-6-4-2-3-5-6/h3-5H,1-2H3;2-4H,1H3. The van der Waals surface area contributed by atoms with Crippen molar-refractivity contribution in [3.63, 3.8) is 0 Å². The molecule has 2 aromatic rings. The van der Waals surface area contributed by atoms with Crippen LogP contribution in [0, 0.1) is 13.8 Å². The number of aromatic nitrogens is 3. The summed E-state index contributed by atoms with van der Waals surface area (Å²) in [4.78, 5) is 4.04. The summed E-state index contributed by atoms with van der Waals surface area (Å²) < 4.78 is 1.75. The van der Waals surface area contributed by atoms with E-state index in [9.17, 15) is 0 Å². The van der Waals surface area contributed by atoms with E-state index >= 15 is 0 Å². The van der Waals surface area contributed by atoms with Crippen molar-refractivity contribution in [2.24, 2.45) is 7.05 Å². The lowest BCUT2D eigenvalue weighted by Crippen LogP contribution is -1.83. The van der Waals surface area contributed by atoms with Gasteiger partial charge in [0.15, 0.2) is 0 Å². The summed E-state index contributed by atoms with van der Waals surface area (Å²) in [5.74, 6) is 0. The molecular formula is C11H15N3. The minimum absolute atomic E-state index is 1.09. The molecule has 0 aliphatic heterocycles. The maximum atomic E-state index is 4.04. The Morgan fingerprint density at radius 3 is 2.29 bits per heavy atom. The Morgan fingerprint density at radius 2 is 2.00 bits per heavy atom. The first kappa shape index (κ1) is 10.4. The first-order valence-electron chi connectivity index (χ1n) is 4.51. The van der Waals surface area contributed by atoms with Gasteiger partial charge in [0.25, 0.3) is 0 Å². The van der Waals surface area contributed by atoms with Gasteiger partial charge in [0.05, 0.1) is 0 Å². The lowest BCUT2D eigenvalue weighted by molar-refractivity contribution is 0.768. The molecule has 0 amide bonds. The second-order valence-corrected chi connectivity index (χ2v) is 3.15. The summed E-state index contributed by atoms with van der Waals surface area (Å²) in [6.07, 6.45) is 5.46. The highest BCUT2D eigenvalue weighted by atomic mass is 15.2. The van der Waals surface area contributed by atoms with Gasteiger partial charge >= 0.3 is 0 Å². The molecule has 0 fully saturated rings. The molecule has 0 spiro atoms. The molecule has 2 heterocycles. The minimum Gasteiger partial charge on any atom is -0.276 e. The molecule has 3 nitrogen and oxygen atoms in total. The Bertz CT molecular complexity index is 349. The van der Waals surface area contributed by atoms with Crippen molar-refractivity contribution >= 4 is 0 Å². The molecule has 0 saturated carbocycles. The molecule has 0 aliphatic rings. The van der Waals surface area contributed by atoms with Gasteiger partial charge in [-0.05, 0) is 37.6 Å². The predicted octanol–water partition coefficient (Wildman–Crippen LogP) is 2.12. The molecule has 2 aromatic heterocycles. The van der Waals surface area contributed by atoms with Gasteiger partial charge in [-0.2, -0.15) is 5.10 Å². The minimum atomic E-state index is 1.09. The largest absolute Gasteiger partial charge is 0.276 e. The summed E-state index contributed by atoms with van der Waals surface area (Å²) in [7, 11) is 1.89. The van der Waals surface area contributed by atoms with Gasteiger partial charge in [-0.15, -0.1) is 0 Å². The third-order valence-corrected chi connectivity index (χ3v) is 1.69. The molecule has 0 atom stereocenters. The van der Waals surface area contributed by atoms with Gasteiger partial charge in [-0.25, -0.2) is 0 Å². The molecule has 0 N–H and O–H groups in total. The van der Waals surface area contributed by atoms with E-state index < -0.39 is 0 Å². The van der Waals surface area contributed by atoms with Gasteiger partial charge in [0.2, 0.25) is 0 Å². The van der Waals surface area contributed by atoms with E-state index in [2.05, 4.69) is 23.1 Å². The summed E-state index contributed by atoms with van der Waals surface area (Å²) in [6.45, 7) is 4.06. The van der Waals surface area contributed by atoms with Crippen LogP contribution in [0.5, 0.6) is 0 Å². The maximum absolute atomic E-state index is 4.04. The third-order valence-electron chi connectivity index (χ3n) is 1.69. The van der Waals surface area contributed by atoms with E-state index in [1.807, 2.05) is 38.5 Å². The van der Waals surface area contributed by atoms with Crippen LogP contribution in [0.2, 0.25) is 0 Å². The number of nitrogens with zero attached hydrogens (tertiary/aromatic N) is 3. The van der Waals surface area contributed by atoms with Crippen LogP contribution in [0.3, 0.4) is 0 Å². The fraction of sp³-hybridized carbons (Fsp3) is 0.273. The van der Waals surface area contributed by atoms with E-state index in [4.69, 9.17) is 0 Å². The summed E-state index contributed by atoms with van der Waals surface area (Å²) in [6, 6.07) is 5.94. The van der Waals surface area contributed by atoms with Gasteiger partial charge in [0.1, 0.15) is 0 Å². The smallest absolute Gasteiger partial charge is 0.0489 e. The van der Waals surface area contributed by atoms with Crippen LogP contribution in [0.1, 0.15) is 11.3 Å². The average Bonchev–Trinajstić information content (AvgIpc) is 2.56. The van der Waals surface area contributed by atoms with Crippen molar-refractivity contribution in [3.05, 3.63) is 48.0 Å². The molecule has 0 aliphatic carbocycles. The fourth-order valence-electron chi connectivity index (χ4n) is 1.03. The summed E-state index contributed by atoms with van der Waals surface area (Å²) in [5.41, 5.74) is 2.36. The molecular weight excluding hydrogens is 174 g/mol. The zero-order valence-corrected chi connectivity index (χ0v) is 8.81. The van der Waals surface area contributed by atoms with Gasteiger partial charge in [-0.3, -0.25) is 9.67 Å². The Balaban J connectivity index is 0.000000146. The van der Waals surface area contributed by atoms with Crippen molar-refractivity contribution in [2.45, 2.75) is 13.8 Å². The molecule has 0 radical (unpaired) electrons. The fourth-order valence-corrected chi connectivity index (χ4v) is 1.03. The molecule has 0 unspecified atom stereocenters. The van der Waals surface area contributed by atoms with Gasteiger partial charge < -0.3 is 0 Å². The lowest BCUT2D eigenvalue weighted by Gasteiger charge is -1.90. The van der Waals surface area contributed by atoms with Crippen molar-refractivity contribution in [2.75, 3.05) is 0 Å². The highest BCUT2D eigenvalue weighted by Crippen LogP contribution is 1.95. The molecule has 2 rings (SSSR count). The Kier molecular flexibility index (Phi) is 3.85. The van der Waals surface area contributed by atoms with Crippen LogP contribution >= 0.6 is 0 Å². The van der Waals surface area contributed by atoms with Gasteiger partial charge in [-0.1, -0.05) is 0 Å². The number of hydrogen-bond acceptors (Lipinski definition) is 2. The van der Waals surface area contributed by atoms with Crippen LogP contribution in [-0.2, 0) is 7.05 Å². The average molecular weight is 189 g/mol. The first-order chi connectivity index (χ1) is 6.68. The second kappa shape index (κ2) is 5.17. The van der Waals surface area contributed by atoms with Gasteiger partial charge in [0, 0.05) is 31.3 Å². The molecule has 3 heteroatoms. The Hall–Kier alpha value is -1.64. The van der Waals surface area contributed by atoms with Crippen LogP contribution in [0.15, 0.2) is 36.8 Å². The zero-order valence-electron chi connectivity index (χ0n) is 8.81. The molecule has 0 aromatic carbocycles. The highest BCUT2D eigenvalue weighted by molar-refractivity contribution is 5.12. The van der Waals surface area contributed by atoms with Crippen LogP contribution < -0.4 is 0 Å². The Morgan fingerprint density at radius 1 is 1.21 bits per heavy atom. The highest BCUT2D eigenvalue weighted by Gasteiger charge is 1.82. The second-order valence-electron chi connectivity index (χ2n) is 3.15. The number of hydrogen-bond donors (Lipinski definition) is 0. The SMILES string of the molecule is Cc1ccnc(C)c1.Cn1cccn1. The van der Waals surface area contributed by atoms with E-state index in [-0.39, 0.29) is 0 Å². The molecule has 74 valence electrons. The number of pyridine rings is 1. The predicted molar refractivity (Wildman–Crippen MR) is 56.9 cm³/mol. The van der Waals surface area contributed by atoms with E-state index in [1.165, 1.54) is 5.56 Å². The lowest BCUT2D eigenvalue weighted by atomic mass is 10.3. The topological polar surface area (TPSA) is 30.7 Å². The number of rotatable bonds is 0. The summed E-state index contributed by atoms with van der Waals surface area (Å²) in [5, 5.41) is 3.83. The molecule has 14 heavy (non-hydrogen) atoms. The molecule has 0 saturated heterocycles. The first-order valence-corrected chi connectivity index (χ1v) is 4.51. The maximum Gasteiger partial charge on any atom is 0.0489 e. The van der Waals surface area contributed by atoms with Crippen molar-refractivity contribution in [3.8, 4) is 0 Å². The van der Waals surface area contributed by atoms with Crippen molar-refractivity contribution < 1.29 is 0 Å². The normalized spacial score (nSPS) is 9.07. The molecule has 0 bridgehead atoms. The van der Waals surface area contributed by atoms with Crippen molar-refractivity contribution in [1.29, 1.82) is 0 Å². The van der Waals surface area contributed by atoms with E-state index in [0.717, 1.165) is 5.69 Å². The van der Waals surface area contributed by atoms with E-state index in [1.54, 1.807) is 10.9 Å². The van der Waals surface area contributed by atoms with E-state index in [0.29, 0.717) is 0 Å². The van der Waals surface area contributed by atoms with Crippen LogP contribution in [0.4, 0.5) is 0 Å². The zero-order chi connectivity index (χ0) is 10.4. The van der Waals surface area contributed by atoms with Crippen molar-refractivity contribution in [1.82, 2.24) is 14.8 Å².